The molecule has 5 nitrogen and oxygen atoms in total. The van der Waals surface area contributed by atoms with Gasteiger partial charge in [0, 0.05) is 17.7 Å². The van der Waals surface area contributed by atoms with Crippen LogP contribution in [0.5, 0.6) is 0 Å². The van der Waals surface area contributed by atoms with Crippen molar-refractivity contribution in [2.24, 2.45) is 0 Å². The number of fused-ring (bicyclic) bond motifs is 1. The Morgan fingerprint density at radius 1 is 1.21 bits per heavy atom. The van der Waals surface area contributed by atoms with Crippen molar-refractivity contribution in [2.75, 3.05) is 0 Å². The number of thiophene rings is 1. The zero-order valence-corrected chi connectivity index (χ0v) is 18.2. The molecule has 6 heteroatoms. The van der Waals surface area contributed by atoms with Crippen molar-refractivity contribution >= 4 is 27.5 Å². The predicted molar refractivity (Wildman–Crippen MR) is 120 cm³/mol. The molecule has 0 saturated carbocycles. The number of carbonyl (C=O) groups is 1. The molecule has 154 valence electrons. The Morgan fingerprint density at radius 2 is 1.97 bits per heavy atom. The van der Waals surface area contributed by atoms with Gasteiger partial charge in [-0.1, -0.05) is 56.5 Å². The topological polar surface area (TPSA) is 74.8 Å². The van der Waals surface area contributed by atoms with Crippen LogP contribution >= 0.6 is 11.3 Å². The fraction of sp³-hybridized carbons (Fsp3) is 0.435. The van der Waals surface area contributed by atoms with Gasteiger partial charge in [0.25, 0.3) is 5.56 Å². The maximum Gasteiger partial charge on any atom is 0.259 e. The maximum absolute atomic E-state index is 12.6. The van der Waals surface area contributed by atoms with Crippen molar-refractivity contribution in [3.05, 3.63) is 62.5 Å². The Morgan fingerprint density at radius 3 is 2.69 bits per heavy atom. The molecule has 1 unspecified atom stereocenters. The summed E-state index contributed by atoms with van der Waals surface area (Å²) < 4.78 is 0. The van der Waals surface area contributed by atoms with Gasteiger partial charge >= 0.3 is 0 Å². The third kappa shape index (κ3) is 5.32. The molecule has 0 fully saturated rings. The fourth-order valence-corrected chi connectivity index (χ4v) is 4.57. The summed E-state index contributed by atoms with van der Waals surface area (Å²) in [6.07, 6.45) is 5.04. The van der Waals surface area contributed by atoms with Crippen LogP contribution in [0.2, 0.25) is 0 Å². The number of amides is 1. The van der Waals surface area contributed by atoms with E-state index in [1.54, 1.807) is 0 Å². The van der Waals surface area contributed by atoms with E-state index in [2.05, 4.69) is 34.3 Å². The molecule has 2 N–H and O–H groups in total. The van der Waals surface area contributed by atoms with Crippen LogP contribution in [0.25, 0.3) is 10.2 Å². The van der Waals surface area contributed by atoms with E-state index in [0.29, 0.717) is 24.1 Å². The number of hydrogen-bond acceptors (Lipinski definition) is 4. The highest BCUT2D eigenvalue weighted by atomic mass is 32.1. The number of aryl methyl sites for hydroxylation is 3. The zero-order valence-electron chi connectivity index (χ0n) is 17.4. The van der Waals surface area contributed by atoms with Gasteiger partial charge < -0.3 is 10.3 Å². The number of aromatic amines is 1. The van der Waals surface area contributed by atoms with E-state index in [-0.39, 0.29) is 17.5 Å². The van der Waals surface area contributed by atoms with E-state index in [1.807, 2.05) is 32.0 Å². The van der Waals surface area contributed by atoms with Gasteiger partial charge in [-0.25, -0.2) is 4.98 Å². The van der Waals surface area contributed by atoms with Gasteiger partial charge in [-0.15, -0.1) is 11.3 Å². The summed E-state index contributed by atoms with van der Waals surface area (Å²) in [5, 5.41) is 3.84. The molecule has 0 bridgehead atoms. The number of aromatic nitrogens is 2. The molecule has 29 heavy (non-hydrogen) atoms. The van der Waals surface area contributed by atoms with Crippen molar-refractivity contribution in [1.82, 2.24) is 15.3 Å². The SMILES string of the molecule is CCCCCC(NC(=O)CCc1nc2sc(C)c(C)c2c(=O)[nH]1)c1ccccc1. The first-order chi connectivity index (χ1) is 14.0. The zero-order chi connectivity index (χ0) is 20.8. The minimum absolute atomic E-state index is 0.0170. The molecular weight excluding hydrogens is 382 g/mol. The highest BCUT2D eigenvalue weighted by Crippen LogP contribution is 2.26. The Bertz CT molecular complexity index is 1020. The molecule has 3 rings (SSSR count). The number of unbranched alkanes of at least 4 members (excludes halogenated alkanes) is 2. The second kappa shape index (κ2) is 9.83. The summed E-state index contributed by atoms with van der Waals surface area (Å²) in [6.45, 7) is 6.12. The molecule has 2 aromatic heterocycles. The van der Waals surface area contributed by atoms with E-state index >= 15 is 0 Å². The van der Waals surface area contributed by atoms with Crippen molar-refractivity contribution in [2.45, 2.75) is 65.3 Å². The molecule has 0 radical (unpaired) electrons. The molecule has 1 atom stereocenters. The Hall–Kier alpha value is -2.47. The second-order valence-electron chi connectivity index (χ2n) is 7.50. The lowest BCUT2D eigenvalue weighted by Gasteiger charge is -2.19. The van der Waals surface area contributed by atoms with Crippen molar-refractivity contribution in [3.8, 4) is 0 Å². The molecule has 3 aromatic rings. The molecule has 2 heterocycles. The van der Waals surface area contributed by atoms with Crippen LogP contribution < -0.4 is 10.9 Å². The van der Waals surface area contributed by atoms with Crippen LogP contribution in [0.1, 0.15) is 66.9 Å². The number of carbonyl (C=O) groups excluding carboxylic acids is 1. The molecule has 0 aliphatic heterocycles. The standard InChI is InChI=1S/C23H29N3O2S/c1-4-5-7-12-18(17-10-8-6-9-11-17)24-20(27)14-13-19-25-22(28)21-15(2)16(3)29-23(21)26-19/h6,8-11,18H,4-5,7,12-14H2,1-3H3,(H,24,27)(H,25,26,28). The van der Waals surface area contributed by atoms with Crippen LogP contribution in [0.15, 0.2) is 35.1 Å². The van der Waals surface area contributed by atoms with Gasteiger partial charge in [-0.2, -0.15) is 0 Å². The third-order valence-corrected chi connectivity index (χ3v) is 6.41. The summed E-state index contributed by atoms with van der Waals surface area (Å²) in [6, 6.07) is 10.1. The van der Waals surface area contributed by atoms with Gasteiger partial charge in [-0.05, 0) is 31.4 Å². The van der Waals surface area contributed by atoms with Crippen molar-refractivity contribution in [3.63, 3.8) is 0 Å². The minimum Gasteiger partial charge on any atom is -0.349 e. The van der Waals surface area contributed by atoms with E-state index in [1.165, 1.54) is 11.3 Å². The highest BCUT2D eigenvalue weighted by molar-refractivity contribution is 7.18. The van der Waals surface area contributed by atoms with Crippen LogP contribution in [-0.4, -0.2) is 15.9 Å². The fourth-order valence-electron chi connectivity index (χ4n) is 3.52. The first kappa shape index (κ1) is 21.2. The van der Waals surface area contributed by atoms with Crippen molar-refractivity contribution < 1.29 is 4.79 Å². The summed E-state index contributed by atoms with van der Waals surface area (Å²) in [4.78, 5) is 34.3. The highest BCUT2D eigenvalue weighted by Gasteiger charge is 2.16. The van der Waals surface area contributed by atoms with Gasteiger partial charge in [-0.3, -0.25) is 9.59 Å². The second-order valence-corrected chi connectivity index (χ2v) is 8.71. The summed E-state index contributed by atoms with van der Waals surface area (Å²) in [5.74, 6) is 0.554. The van der Waals surface area contributed by atoms with E-state index in [0.717, 1.165) is 46.5 Å². The Labute approximate surface area is 175 Å². The minimum atomic E-state index is -0.117. The molecular formula is C23H29N3O2S. The van der Waals surface area contributed by atoms with Crippen LogP contribution in [0, 0.1) is 13.8 Å². The van der Waals surface area contributed by atoms with Crippen LogP contribution in [0.4, 0.5) is 0 Å². The summed E-state index contributed by atoms with van der Waals surface area (Å²) in [5.41, 5.74) is 2.00. The summed E-state index contributed by atoms with van der Waals surface area (Å²) >= 11 is 1.53. The van der Waals surface area contributed by atoms with Gasteiger partial charge in [0.15, 0.2) is 0 Å². The number of nitrogens with one attached hydrogen (secondary N) is 2. The Balaban J connectivity index is 1.66. The van der Waals surface area contributed by atoms with E-state index in [9.17, 15) is 9.59 Å². The number of benzene rings is 1. The molecule has 1 aromatic carbocycles. The van der Waals surface area contributed by atoms with E-state index < -0.39 is 0 Å². The lowest BCUT2D eigenvalue weighted by atomic mass is 10.00. The van der Waals surface area contributed by atoms with Crippen molar-refractivity contribution in [1.29, 1.82) is 0 Å². The molecule has 1 amide bonds. The Kier molecular flexibility index (Phi) is 7.20. The average Bonchev–Trinajstić information content (AvgIpc) is 3.00. The maximum atomic E-state index is 12.6. The lowest BCUT2D eigenvalue weighted by molar-refractivity contribution is -0.121. The lowest BCUT2D eigenvalue weighted by Crippen LogP contribution is -2.29. The summed E-state index contributed by atoms with van der Waals surface area (Å²) in [7, 11) is 0. The number of nitrogens with zero attached hydrogens (tertiary/aromatic N) is 1. The molecule has 0 aliphatic rings. The van der Waals surface area contributed by atoms with Gasteiger partial charge in [0.05, 0.1) is 11.4 Å². The third-order valence-electron chi connectivity index (χ3n) is 5.31. The number of rotatable bonds is 9. The monoisotopic (exact) mass is 411 g/mol. The predicted octanol–water partition coefficient (Wildman–Crippen LogP) is 4.97. The molecule has 0 spiro atoms. The molecule has 0 aliphatic carbocycles. The molecule has 0 saturated heterocycles. The number of H-pyrrole nitrogens is 1. The van der Waals surface area contributed by atoms with Crippen LogP contribution in [0.3, 0.4) is 0 Å². The quantitative estimate of drug-likeness (QED) is 0.488. The largest absolute Gasteiger partial charge is 0.349 e. The number of hydrogen-bond donors (Lipinski definition) is 2. The first-order valence-electron chi connectivity index (χ1n) is 10.3. The average molecular weight is 412 g/mol. The van der Waals surface area contributed by atoms with Gasteiger partial charge in [0.1, 0.15) is 10.7 Å². The smallest absolute Gasteiger partial charge is 0.259 e. The van der Waals surface area contributed by atoms with Crippen LogP contribution in [-0.2, 0) is 11.2 Å². The van der Waals surface area contributed by atoms with E-state index in [4.69, 9.17) is 0 Å². The first-order valence-corrected chi connectivity index (χ1v) is 11.1. The normalized spacial score (nSPS) is 12.2. The van der Waals surface area contributed by atoms with Gasteiger partial charge in [0.2, 0.25) is 5.91 Å².